The second-order valence-electron chi connectivity index (χ2n) is 3.40. The summed E-state index contributed by atoms with van der Waals surface area (Å²) in [6.45, 7) is 1.78. The van der Waals surface area contributed by atoms with E-state index in [0.29, 0.717) is 32.2 Å². The largest absolute Gasteiger partial charge is 0.491 e. The molecule has 0 radical (unpaired) electrons. The highest BCUT2D eigenvalue weighted by Gasteiger charge is 2.09. The predicted octanol–water partition coefficient (Wildman–Crippen LogP) is 2.08. The number of carboxylic acids is 1. The van der Waals surface area contributed by atoms with Crippen LogP contribution in [0.25, 0.3) is 0 Å². The lowest BCUT2D eigenvalue weighted by Crippen LogP contribution is -2.10. The van der Waals surface area contributed by atoms with Gasteiger partial charge in [-0.1, -0.05) is 11.6 Å². The zero-order valence-corrected chi connectivity index (χ0v) is 10.8. The van der Waals surface area contributed by atoms with Gasteiger partial charge < -0.3 is 19.3 Å². The molecule has 1 aromatic carbocycles. The molecule has 0 saturated carbocycles. The van der Waals surface area contributed by atoms with E-state index < -0.39 is 5.97 Å². The number of carbonyl (C=O) groups is 1. The van der Waals surface area contributed by atoms with Crippen LogP contribution < -0.4 is 4.74 Å². The Morgan fingerprint density at radius 1 is 1.28 bits per heavy atom. The number of carboxylic acid groups (broad SMARTS) is 1. The minimum absolute atomic E-state index is 0.0227. The van der Waals surface area contributed by atoms with Crippen molar-refractivity contribution in [3.8, 4) is 5.75 Å². The maximum Gasteiger partial charge on any atom is 0.337 e. The fourth-order valence-corrected chi connectivity index (χ4v) is 1.42. The Labute approximate surface area is 110 Å². The highest BCUT2D eigenvalue weighted by molar-refractivity contribution is 6.33. The van der Waals surface area contributed by atoms with Crippen LogP contribution in [0.4, 0.5) is 0 Å². The third-order valence-corrected chi connectivity index (χ3v) is 2.43. The molecular formula is C12H15ClO5. The summed E-state index contributed by atoms with van der Waals surface area (Å²) in [5, 5.41) is 9.07. The van der Waals surface area contributed by atoms with Crippen LogP contribution in [0.1, 0.15) is 10.4 Å². The van der Waals surface area contributed by atoms with Gasteiger partial charge in [0.05, 0.1) is 30.4 Å². The lowest BCUT2D eigenvalue weighted by atomic mass is 10.2. The molecule has 1 N–H and O–H groups in total. The van der Waals surface area contributed by atoms with Crippen molar-refractivity contribution in [3.63, 3.8) is 0 Å². The summed E-state index contributed by atoms with van der Waals surface area (Å²) >= 11 is 5.73. The Morgan fingerprint density at radius 2 is 2.00 bits per heavy atom. The lowest BCUT2D eigenvalue weighted by molar-refractivity contribution is 0.0543. The molecule has 1 rings (SSSR count). The van der Waals surface area contributed by atoms with E-state index in [-0.39, 0.29) is 10.6 Å². The Hall–Kier alpha value is -1.30. The summed E-state index contributed by atoms with van der Waals surface area (Å²) in [5.41, 5.74) is 0.0227. The summed E-state index contributed by atoms with van der Waals surface area (Å²) in [6, 6.07) is 4.50. The second kappa shape index (κ2) is 7.92. The van der Waals surface area contributed by atoms with Gasteiger partial charge in [-0.25, -0.2) is 4.79 Å². The molecule has 0 aliphatic heterocycles. The molecule has 5 nitrogen and oxygen atoms in total. The van der Waals surface area contributed by atoms with Crippen molar-refractivity contribution in [1.29, 1.82) is 0 Å². The number of hydrogen-bond acceptors (Lipinski definition) is 4. The minimum atomic E-state index is -1.08. The van der Waals surface area contributed by atoms with Gasteiger partial charge in [0.15, 0.2) is 0 Å². The van der Waals surface area contributed by atoms with Crippen LogP contribution >= 0.6 is 11.6 Å². The van der Waals surface area contributed by atoms with Crippen molar-refractivity contribution in [1.82, 2.24) is 0 Å². The number of halogens is 1. The second-order valence-corrected chi connectivity index (χ2v) is 3.81. The zero-order chi connectivity index (χ0) is 13.4. The van der Waals surface area contributed by atoms with E-state index in [9.17, 15) is 4.79 Å². The summed E-state index contributed by atoms with van der Waals surface area (Å²) in [6.07, 6.45) is 0. The average molecular weight is 275 g/mol. The average Bonchev–Trinajstić information content (AvgIpc) is 2.35. The normalized spacial score (nSPS) is 10.3. The maximum absolute atomic E-state index is 10.8. The summed E-state index contributed by atoms with van der Waals surface area (Å²) in [5.74, 6) is -0.631. The number of benzene rings is 1. The number of methoxy groups -OCH3 is 1. The molecule has 0 amide bonds. The first-order chi connectivity index (χ1) is 8.65. The molecule has 100 valence electrons. The summed E-state index contributed by atoms with van der Waals surface area (Å²) < 4.78 is 15.4. The van der Waals surface area contributed by atoms with E-state index in [1.807, 2.05) is 0 Å². The molecular weight excluding hydrogens is 260 g/mol. The van der Waals surface area contributed by atoms with Crippen LogP contribution in [-0.2, 0) is 9.47 Å². The Balaban J connectivity index is 2.38. The van der Waals surface area contributed by atoms with Crippen molar-refractivity contribution < 1.29 is 24.1 Å². The van der Waals surface area contributed by atoms with Crippen LogP contribution in [0.15, 0.2) is 18.2 Å². The molecule has 0 saturated heterocycles. The molecule has 0 aliphatic carbocycles. The fraction of sp³-hybridized carbons (Fsp3) is 0.417. The molecule has 0 fully saturated rings. The van der Waals surface area contributed by atoms with Crippen LogP contribution in [0.2, 0.25) is 5.02 Å². The SMILES string of the molecule is COCCOCCOc1ccc(Cl)c(C(=O)O)c1. The lowest BCUT2D eigenvalue weighted by Gasteiger charge is -2.08. The first-order valence-corrected chi connectivity index (χ1v) is 5.75. The molecule has 0 spiro atoms. The molecule has 0 aliphatic rings. The van der Waals surface area contributed by atoms with Crippen molar-refractivity contribution in [2.75, 3.05) is 33.5 Å². The summed E-state index contributed by atoms with van der Waals surface area (Å²) in [7, 11) is 1.60. The number of rotatable bonds is 8. The minimum Gasteiger partial charge on any atom is -0.491 e. The highest BCUT2D eigenvalue weighted by Crippen LogP contribution is 2.21. The van der Waals surface area contributed by atoms with Gasteiger partial charge >= 0.3 is 5.97 Å². The Kier molecular flexibility index (Phi) is 6.49. The molecule has 0 unspecified atom stereocenters. The highest BCUT2D eigenvalue weighted by atomic mass is 35.5. The van der Waals surface area contributed by atoms with E-state index in [1.54, 1.807) is 13.2 Å². The Bertz CT molecular complexity index is 394. The number of hydrogen-bond donors (Lipinski definition) is 1. The molecule has 1 aromatic rings. The fourth-order valence-electron chi connectivity index (χ4n) is 1.22. The van der Waals surface area contributed by atoms with E-state index >= 15 is 0 Å². The van der Waals surface area contributed by atoms with Crippen LogP contribution in [0, 0.1) is 0 Å². The van der Waals surface area contributed by atoms with Gasteiger partial charge in [-0.15, -0.1) is 0 Å². The van der Waals surface area contributed by atoms with Crippen LogP contribution in [-0.4, -0.2) is 44.6 Å². The zero-order valence-electron chi connectivity index (χ0n) is 10.0. The first kappa shape index (κ1) is 14.8. The van der Waals surface area contributed by atoms with Crippen LogP contribution in [0.3, 0.4) is 0 Å². The van der Waals surface area contributed by atoms with Crippen LogP contribution in [0.5, 0.6) is 5.75 Å². The third kappa shape index (κ3) is 4.91. The molecule has 6 heteroatoms. The predicted molar refractivity (Wildman–Crippen MR) is 66.6 cm³/mol. The van der Waals surface area contributed by atoms with Gasteiger partial charge in [0.25, 0.3) is 0 Å². The van der Waals surface area contributed by atoms with E-state index in [0.717, 1.165) is 0 Å². The topological polar surface area (TPSA) is 65.0 Å². The van der Waals surface area contributed by atoms with Gasteiger partial charge in [-0.3, -0.25) is 0 Å². The molecule has 0 atom stereocenters. The number of ether oxygens (including phenoxy) is 3. The maximum atomic E-state index is 10.8. The van der Waals surface area contributed by atoms with Crippen molar-refractivity contribution >= 4 is 17.6 Å². The monoisotopic (exact) mass is 274 g/mol. The third-order valence-electron chi connectivity index (χ3n) is 2.10. The standard InChI is InChI=1S/C12H15ClO5/c1-16-4-5-17-6-7-18-9-2-3-11(13)10(8-9)12(14)15/h2-3,8H,4-7H2,1H3,(H,14,15). The molecule has 0 heterocycles. The van der Waals surface area contributed by atoms with Gasteiger partial charge in [-0.2, -0.15) is 0 Å². The Morgan fingerprint density at radius 3 is 2.67 bits per heavy atom. The smallest absolute Gasteiger partial charge is 0.337 e. The number of aromatic carboxylic acids is 1. The summed E-state index contributed by atoms with van der Waals surface area (Å²) in [4.78, 5) is 10.8. The van der Waals surface area contributed by atoms with Gasteiger partial charge in [0.1, 0.15) is 12.4 Å². The van der Waals surface area contributed by atoms with Gasteiger partial charge in [0, 0.05) is 7.11 Å². The molecule has 0 bridgehead atoms. The van der Waals surface area contributed by atoms with Crippen molar-refractivity contribution in [2.45, 2.75) is 0 Å². The van der Waals surface area contributed by atoms with Gasteiger partial charge in [0.2, 0.25) is 0 Å². The molecule has 0 aromatic heterocycles. The molecule has 18 heavy (non-hydrogen) atoms. The van der Waals surface area contributed by atoms with Gasteiger partial charge in [-0.05, 0) is 18.2 Å². The van der Waals surface area contributed by atoms with E-state index in [1.165, 1.54) is 12.1 Å². The quantitative estimate of drug-likeness (QED) is 0.735. The van der Waals surface area contributed by atoms with E-state index in [2.05, 4.69) is 0 Å². The van der Waals surface area contributed by atoms with Crippen molar-refractivity contribution in [2.24, 2.45) is 0 Å². The van der Waals surface area contributed by atoms with E-state index in [4.69, 9.17) is 30.9 Å². The van der Waals surface area contributed by atoms with Crippen molar-refractivity contribution in [3.05, 3.63) is 28.8 Å². The first-order valence-electron chi connectivity index (χ1n) is 5.37.